The van der Waals surface area contributed by atoms with Gasteiger partial charge in [0.05, 0.1) is 17.2 Å². The van der Waals surface area contributed by atoms with E-state index in [2.05, 4.69) is 15.5 Å². The van der Waals surface area contributed by atoms with E-state index < -0.39 is 5.82 Å². The van der Waals surface area contributed by atoms with Gasteiger partial charge in [-0.2, -0.15) is 0 Å². The summed E-state index contributed by atoms with van der Waals surface area (Å²) >= 11 is 6.22. The molecular weight excluding hydrogens is 353 g/mol. The molecule has 1 saturated heterocycles. The minimum absolute atomic E-state index is 0.194. The molecule has 3 rings (SSSR count). The van der Waals surface area contributed by atoms with Crippen LogP contribution in [0.3, 0.4) is 0 Å². The zero-order valence-corrected chi connectivity index (χ0v) is 14.5. The van der Waals surface area contributed by atoms with Crippen LogP contribution in [0.25, 0.3) is 10.6 Å². The van der Waals surface area contributed by atoms with Crippen molar-refractivity contribution >= 4 is 34.2 Å². The van der Waals surface area contributed by atoms with Crippen molar-refractivity contribution < 1.29 is 14.3 Å². The second-order valence-electron chi connectivity index (χ2n) is 5.16. The van der Waals surface area contributed by atoms with Crippen LogP contribution < -0.4 is 16.1 Å². The van der Waals surface area contributed by atoms with Gasteiger partial charge < -0.3 is 11.1 Å². The molecule has 0 radical (unpaired) electrons. The number of nitrogens with zero attached hydrogens (tertiary/aromatic N) is 3. The lowest BCUT2D eigenvalue weighted by Gasteiger charge is -2.14. The van der Waals surface area contributed by atoms with Gasteiger partial charge in [-0.3, -0.25) is 0 Å². The van der Waals surface area contributed by atoms with Gasteiger partial charge in [0.1, 0.15) is 16.9 Å². The third-order valence-electron chi connectivity index (χ3n) is 3.33. The molecule has 1 aliphatic rings. The number of thiocarbonyl (C=S) groups is 1. The number of rotatable bonds is 5. The molecule has 10 heteroatoms. The van der Waals surface area contributed by atoms with Gasteiger partial charge >= 0.3 is 0 Å². The first kappa shape index (κ1) is 17.1. The van der Waals surface area contributed by atoms with Gasteiger partial charge in [-0.05, 0) is 19.1 Å². The fraction of sp³-hybridized carbons (Fsp3) is 0.357. The monoisotopic (exact) mass is 369 g/mol. The molecule has 0 bridgehead atoms. The molecule has 0 unspecified atom stereocenters. The van der Waals surface area contributed by atoms with Gasteiger partial charge in [-0.15, -0.1) is 15.2 Å². The fourth-order valence-electron chi connectivity index (χ4n) is 2.14. The maximum Gasteiger partial charge on any atom is 0.150 e. The number of hydrogen-bond donors (Lipinski definition) is 2. The molecule has 128 valence electrons. The molecule has 0 saturated carbocycles. The Hall–Kier alpha value is -1.72. The number of hydrogen-bond acceptors (Lipinski definition) is 8. The first-order valence-corrected chi connectivity index (χ1v) is 8.47. The normalized spacial score (nSPS) is 17.3. The van der Waals surface area contributed by atoms with Crippen LogP contribution in [0.15, 0.2) is 18.2 Å². The Labute approximate surface area is 147 Å². The molecule has 0 aliphatic carbocycles. The molecule has 3 N–H and O–H groups in total. The number of anilines is 1. The maximum absolute atomic E-state index is 14.4. The molecule has 1 atom stereocenters. The average Bonchev–Trinajstić information content (AvgIpc) is 3.22. The molecule has 2 heterocycles. The molecule has 1 aromatic heterocycles. The van der Waals surface area contributed by atoms with Gasteiger partial charge in [0.2, 0.25) is 0 Å². The van der Waals surface area contributed by atoms with E-state index >= 15 is 0 Å². The van der Waals surface area contributed by atoms with Crippen molar-refractivity contribution in [2.45, 2.75) is 19.6 Å². The Balaban J connectivity index is 1.70. The smallest absolute Gasteiger partial charge is 0.150 e. The van der Waals surface area contributed by atoms with E-state index in [-0.39, 0.29) is 12.6 Å². The highest BCUT2D eigenvalue weighted by Gasteiger charge is 2.26. The minimum Gasteiger partial charge on any atom is -0.377 e. The third kappa shape index (κ3) is 3.84. The minimum atomic E-state index is -0.410. The Morgan fingerprint density at radius 1 is 1.54 bits per heavy atom. The van der Waals surface area contributed by atoms with E-state index in [1.807, 2.05) is 0 Å². The number of aromatic nitrogens is 2. The van der Waals surface area contributed by atoms with Gasteiger partial charge in [0.25, 0.3) is 0 Å². The quantitative estimate of drug-likeness (QED) is 0.610. The zero-order valence-electron chi connectivity index (χ0n) is 12.9. The zero-order chi connectivity index (χ0) is 17.1. The van der Waals surface area contributed by atoms with Crippen LogP contribution in [0.4, 0.5) is 10.1 Å². The molecule has 2 aromatic rings. The summed E-state index contributed by atoms with van der Waals surface area (Å²) in [6.45, 7) is 3.07. The van der Waals surface area contributed by atoms with E-state index in [0.717, 1.165) is 0 Å². The van der Waals surface area contributed by atoms with Crippen LogP contribution in [0, 0.1) is 5.82 Å². The van der Waals surface area contributed by atoms with Crippen molar-refractivity contribution in [2.75, 3.05) is 18.2 Å². The summed E-state index contributed by atoms with van der Waals surface area (Å²) in [4.78, 5) is 11.0. The Bertz CT molecular complexity index is 742. The van der Waals surface area contributed by atoms with E-state index in [1.165, 1.54) is 22.5 Å². The summed E-state index contributed by atoms with van der Waals surface area (Å²) in [6.07, 6.45) is -0.194. The van der Waals surface area contributed by atoms with Crippen LogP contribution in [-0.2, 0) is 16.4 Å². The SMILES string of the molecule is CC(=S)NC[C@H]1CN(c2ccc(-c3nnc(CN)s3)c(F)c2)OO1. The maximum atomic E-state index is 14.4. The first-order chi connectivity index (χ1) is 11.6. The molecular formula is C14H16FN5O2S2. The Kier molecular flexibility index (Phi) is 5.31. The van der Waals surface area contributed by atoms with E-state index in [1.54, 1.807) is 19.1 Å². The average molecular weight is 369 g/mol. The molecule has 1 fully saturated rings. The highest BCUT2D eigenvalue weighted by Crippen LogP contribution is 2.30. The molecule has 7 nitrogen and oxygen atoms in total. The fourth-order valence-corrected chi connectivity index (χ4v) is 2.97. The van der Waals surface area contributed by atoms with Crippen LogP contribution >= 0.6 is 23.6 Å². The summed E-state index contributed by atoms with van der Waals surface area (Å²) in [6, 6.07) is 4.76. The highest BCUT2D eigenvalue weighted by atomic mass is 32.1. The van der Waals surface area contributed by atoms with Gasteiger partial charge in [0.15, 0.2) is 5.01 Å². The van der Waals surface area contributed by atoms with Crippen LogP contribution in [0.5, 0.6) is 0 Å². The predicted molar refractivity (Wildman–Crippen MR) is 92.8 cm³/mol. The van der Waals surface area contributed by atoms with Crippen molar-refractivity contribution in [3.05, 3.63) is 29.0 Å². The van der Waals surface area contributed by atoms with Gasteiger partial charge in [-0.1, -0.05) is 23.6 Å². The highest BCUT2D eigenvalue weighted by molar-refractivity contribution is 7.80. The number of nitrogens with two attached hydrogens (primary N) is 1. The molecule has 24 heavy (non-hydrogen) atoms. The van der Waals surface area contributed by atoms with E-state index in [4.69, 9.17) is 27.8 Å². The molecule has 1 aliphatic heterocycles. The van der Waals surface area contributed by atoms with E-state index in [0.29, 0.717) is 39.3 Å². The summed E-state index contributed by atoms with van der Waals surface area (Å²) < 4.78 is 14.4. The predicted octanol–water partition coefficient (Wildman–Crippen LogP) is 1.79. The number of halogens is 1. The largest absolute Gasteiger partial charge is 0.377 e. The lowest BCUT2D eigenvalue weighted by Crippen LogP contribution is -2.32. The van der Waals surface area contributed by atoms with Gasteiger partial charge in [-0.25, -0.2) is 14.3 Å². The van der Waals surface area contributed by atoms with Crippen molar-refractivity contribution in [2.24, 2.45) is 5.73 Å². The van der Waals surface area contributed by atoms with Crippen molar-refractivity contribution in [1.29, 1.82) is 0 Å². The van der Waals surface area contributed by atoms with Crippen molar-refractivity contribution in [1.82, 2.24) is 15.5 Å². The number of hydroxylamine groups is 1. The first-order valence-electron chi connectivity index (χ1n) is 7.24. The van der Waals surface area contributed by atoms with E-state index in [9.17, 15) is 4.39 Å². The Morgan fingerprint density at radius 3 is 3.04 bits per heavy atom. The molecule has 0 amide bonds. The van der Waals surface area contributed by atoms with Gasteiger partial charge in [0, 0.05) is 24.7 Å². The summed E-state index contributed by atoms with van der Waals surface area (Å²) in [7, 11) is 0. The lowest BCUT2D eigenvalue weighted by atomic mass is 10.2. The second-order valence-corrected chi connectivity index (χ2v) is 6.83. The summed E-state index contributed by atoms with van der Waals surface area (Å²) in [5.74, 6) is -0.410. The number of nitrogens with one attached hydrogen (secondary N) is 1. The topological polar surface area (TPSA) is 85.5 Å². The summed E-state index contributed by atoms with van der Waals surface area (Å²) in [5, 5.41) is 13.5. The van der Waals surface area contributed by atoms with Crippen molar-refractivity contribution in [3.8, 4) is 10.6 Å². The third-order valence-corrected chi connectivity index (χ3v) is 4.45. The van der Waals surface area contributed by atoms with Crippen LogP contribution in [0.2, 0.25) is 0 Å². The molecule has 1 aromatic carbocycles. The number of benzene rings is 1. The Morgan fingerprint density at radius 2 is 2.38 bits per heavy atom. The molecule has 0 spiro atoms. The lowest BCUT2D eigenvalue weighted by molar-refractivity contribution is -0.281. The van der Waals surface area contributed by atoms with Crippen molar-refractivity contribution in [3.63, 3.8) is 0 Å². The summed E-state index contributed by atoms with van der Waals surface area (Å²) in [5.41, 5.74) is 6.44. The second kappa shape index (κ2) is 7.45. The van der Waals surface area contributed by atoms with Crippen LogP contribution in [0.1, 0.15) is 11.9 Å². The standard InChI is InChI=1S/C14H16FN5O2S2/c1-8(23)17-6-10-7-20(22-21-10)9-2-3-11(12(15)4-9)14-19-18-13(5-16)24-14/h2-4,10H,5-7,16H2,1H3,(H,17,23)/t10-/m0/s1. The van der Waals surface area contributed by atoms with Crippen LogP contribution in [-0.4, -0.2) is 34.4 Å².